The molecule has 8 nitrogen and oxygen atoms in total. The van der Waals surface area contributed by atoms with Crippen LogP contribution in [0.25, 0.3) is 0 Å². The van der Waals surface area contributed by atoms with Crippen molar-refractivity contribution in [2.75, 3.05) is 20.3 Å². The van der Waals surface area contributed by atoms with Crippen molar-refractivity contribution in [3.8, 4) is 5.88 Å². The van der Waals surface area contributed by atoms with E-state index in [4.69, 9.17) is 9.47 Å². The maximum absolute atomic E-state index is 13.1. The van der Waals surface area contributed by atoms with Crippen LogP contribution in [0, 0.1) is 0 Å². The second-order valence-electron chi connectivity index (χ2n) is 8.52. The first-order valence-corrected chi connectivity index (χ1v) is 11.1. The van der Waals surface area contributed by atoms with Crippen LogP contribution in [0.2, 0.25) is 0 Å². The number of nitrogens with zero attached hydrogens (tertiary/aromatic N) is 4. The number of hydrogen-bond donors (Lipinski definition) is 1. The van der Waals surface area contributed by atoms with Crippen LogP contribution in [0.1, 0.15) is 71.3 Å². The van der Waals surface area contributed by atoms with Gasteiger partial charge in [0.1, 0.15) is 17.2 Å². The molecule has 1 aliphatic carbocycles. The first-order valence-electron chi connectivity index (χ1n) is 11.1. The predicted octanol–water partition coefficient (Wildman–Crippen LogP) is 2.20. The third kappa shape index (κ3) is 3.69. The van der Waals surface area contributed by atoms with E-state index in [2.05, 4.69) is 25.1 Å². The number of ether oxygens (including phenoxy) is 2. The van der Waals surface area contributed by atoms with E-state index in [0.29, 0.717) is 17.4 Å². The van der Waals surface area contributed by atoms with Crippen molar-refractivity contribution in [3.05, 3.63) is 34.5 Å². The van der Waals surface area contributed by atoms with E-state index in [1.165, 1.54) is 5.56 Å². The monoisotopic (exact) mass is 411 g/mol. The highest BCUT2D eigenvalue weighted by molar-refractivity contribution is 5.96. The molecule has 1 fully saturated rings. The highest BCUT2D eigenvalue weighted by Crippen LogP contribution is 2.29. The Bertz CT molecular complexity index is 935. The van der Waals surface area contributed by atoms with E-state index in [0.717, 1.165) is 88.5 Å². The zero-order valence-electron chi connectivity index (χ0n) is 17.5. The molecule has 0 bridgehead atoms. The Kier molecular flexibility index (Phi) is 5.41. The fraction of sp³-hybridized carbons (Fsp3) is 0.636. The van der Waals surface area contributed by atoms with Crippen molar-refractivity contribution in [2.45, 2.75) is 69.9 Å². The number of aromatic nitrogens is 4. The molecule has 4 heterocycles. The third-order valence-electron chi connectivity index (χ3n) is 6.65. The van der Waals surface area contributed by atoms with Gasteiger partial charge < -0.3 is 19.4 Å². The Labute approximate surface area is 176 Å². The Morgan fingerprint density at radius 1 is 1.17 bits per heavy atom. The molecule has 0 saturated carbocycles. The van der Waals surface area contributed by atoms with Gasteiger partial charge >= 0.3 is 0 Å². The number of amides is 1. The summed E-state index contributed by atoms with van der Waals surface area (Å²) < 4.78 is 13.2. The summed E-state index contributed by atoms with van der Waals surface area (Å²) >= 11 is 0. The lowest BCUT2D eigenvalue weighted by Gasteiger charge is -2.22. The molecular weight excluding hydrogens is 382 g/mol. The van der Waals surface area contributed by atoms with Crippen LogP contribution in [0.3, 0.4) is 0 Å². The maximum Gasteiger partial charge on any atom is 0.256 e. The summed E-state index contributed by atoms with van der Waals surface area (Å²) in [7, 11) is 1.58. The second-order valence-corrected chi connectivity index (χ2v) is 8.52. The summed E-state index contributed by atoms with van der Waals surface area (Å²) in [5, 5.41) is 12.2. The summed E-state index contributed by atoms with van der Waals surface area (Å²) in [5.74, 6) is 2.88. The highest BCUT2D eigenvalue weighted by Gasteiger charge is 2.28. The molecule has 2 aliphatic heterocycles. The molecule has 30 heavy (non-hydrogen) atoms. The molecular formula is C22H29N5O3. The minimum Gasteiger partial charge on any atom is -0.480 e. The van der Waals surface area contributed by atoms with E-state index in [9.17, 15) is 4.79 Å². The fourth-order valence-electron chi connectivity index (χ4n) is 4.95. The van der Waals surface area contributed by atoms with E-state index < -0.39 is 0 Å². The topological polar surface area (TPSA) is 91.2 Å². The van der Waals surface area contributed by atoms with Crippen LogP contribution in [0.4, 0.5) is 0 Å². The van der Waals surface area contributed by atoms with Crippen LogP contribution >= 0.6 is 0 Å². The largest absolute Gasteiger partial charge is 0.480 e. The molecule has 0 spiro atoms. The second kappa shape index (κ2) is 8.34. The number of rotatable bonds is 4. The molecule has 2 aromatic rings. The van der Waals surface area contributed by atoms with E-state index >= 15 is 0 Å². The number of methoxy groups -OCH3 is 1. The van der Waals surface area contributed by atoms with Crippen LogP contribution in [-0.2, 0) is 30.5 Å². The van der Waals surface area contributed by atoms with E-state index in [1.807, 2.05) is 6.07 Å². The third-order valence-corrected chi connectivity index (χ3v) is 6.65. The van der Waals surface area contributed by atoms with Crippen molar-refractivity contribution in [1.82, 2.24) is 25.1 Å². The van der Waals surface area contributed by atoms with E-state index in [1.54, 1.807) is 7.11 Å². The minimum atomic E-state index is -0.0960. The average molecular weight is 412 g/mol. The maximum atomic E-state index is 13.1. The molecule has 1 amide bonds. The molecule has 1 saturated heterocycles. The number of nitrogens with one attached hydrogen (secondary N) is 1. The SMILES string of the molecule is COc1nc2c(cc1C(=O)NC1CCc3nnc(C4CCOCC4)n3CC1)CCC2. The number of hydrogen-bond acceptors (Lipinski definition) is 6. The molecule has 1 atom stereocenters. The highest BCUT2D eigenvalue weighted by atomic mass is 16.5. The fourth-order valence-corrected chi connectivity index (χ4v) is 4.95. The van der Waals surface area contributed by atoms with Gasteiger partial charge in [-0.15, -0.1) is 10.2 Å². The summed E-state index contributed by atoms with van der Waals surface area (Å²) in [6.07, 6.45) is 7.60. The van der Waals surface area contributed by atoms with Gasteiger partial charge in [0, 0.05) is 43.8 Å². The molecule has 3 aliphatic rings. The summed E-state index contributed by atoms with van der Waals surface area (Å²) in [6.45, 7) is 2.42. The van der Waals surface area contributed by atoms with Crippen LogP contribution < -0.4 is 10.1 Å². The molecule has 1 unspecified atom stereocenters. The quantitative estimate of drug-likeness (QED) is 0.829. The molecule has 8 heteroatoms. The van der Waals surface area contributed by atoms with Gasteiger partial charge in [0.25, 0.3) is 5.91 Å². The molecule has 0 aromatic carbocycles. The van der Waals surface area contributed by atoms with Gasteiger partial charge in [-0.05, 0) is 56.6 Å². The zero-order chi connectivity index (χ0) is 20.5. The molecule has 2 aromatic heterocycles. The van der Waals surface area contributed by atoms with Crippen LogP contribution in [0.5, 0.6) is 5.88 Å². The zero-order valence-corrected chi connectivity index (χ0v) is 17.5. The van der Waals surface area contributed by atoms with Crippen LogP contribution in [0.15, 0.2) is 6.07 Å². The first-order chi connectivity index (χ1) is 14.7. The van der Waals surface area contributed by atoms with Crippen molar-refractivity contribution < 1.29 is 14.3 Å². The lowest BCUT2D eigenvalue weighted by atomic mass is 9.99. The Morgan fingerprint density at radius 2 is 2.03 bits per heavy atom. The van der Waals surface area contributed by atoms with Crippen molar-refractivity contribution in [2.24, 2.45) is 0 Å². The Morgan fingerprint density at radius 3 is 2.87 bits per heavy atom. The summed E-state index contributed by atoms with van der Waals surface area (Å²) in [5.41, 5.74) is 2.79. The van der Waals surface area contributed by atoms with Crippen LogP contribution in [-0.4, -0.2) is 52.0 Å². The average Bonchev–Trinajstić information content (AvgIpc) is 3.36. The number of pyridine rings is 1. The number of fused-ring (bicyclic) bond motifs is 2. The van der Waals surface area contributed by atoms with Gasteiger partial charge in [0.2, 0.25) is 5.88 Å². The van der Waals surface area contributed by atoms with Gasteiger partial charge in [-0.2, -0.15) is 0 Å². The normalized spacial score (nSPS) is 21.6. The van der Waals surface area contributed by atoms with Gasteiger partial charge in [0.05, 0.1) is 7.11 Å². The Hall–Kier alpha value is -2.48. The van der Waals surface area contributed by atoms with Gasteiger partial charge in [-0.25, -0.2) is 4.98 Å². The first kappa shape index (κ1) is 19.5. The number of carbonyl (C=O) groups is 1. The predicted molar refractivity (Wildman–Crippen MR) is 110 cm³/mol. The number of carbonyl (C=O) groups excluding carboxylic acids is 1. The lowest BCUT2D eigenvalue weighted by molar-refractivity contribution is 0.0826. The minimum absolute atomic E-state index is 0.0960. The molecule has 160 valence electrons. The van der Waals surface area contributed by atoms with E-state index in [-0.39, 0.29) is 11.9 Å². The van der Waals surface area contributed by atoms with Crippen molar-refractivity contribution in [1.29, 1.82) is 0 Å². The van der Waals surface area contributed by atoms with Gasteiger partial charge in [0.15, 0.2) is 0 Å². The Balaban J connectivity index is 1.28. The smallest absolute Gasteiger partial charge is 0.256 e. The standard InChI is InChI=1S/C22H29N5O3/c1-29-22-17(13-15-3-2-4-18(15)24-22)21(28)23-16-5-6-19-25-26-20(27(19)10-7-16)14-8-11-30-12-9-14/h13-14,16H,2-12H2,1H3,(H,23,28). The lowest BCUT2D eigenvalue weighted by Crippen LogP contribution is -2.35. The summed E-state index contributed by atoms with van der Waals surface area (Å²) in [4.78, 5) is 17.6. The molecule has 5 rings (SSSR count). The van der Waals surface area contributed by atoms with Crippen molar-refractivity contribution >= 4 is 5.91 Å². The molecule has 0 radical (unpaired) electrons. The molecule has 1 N–H and O–H groups in total. The number of aryl methyl sites for hydroxylation is 3. The van der Waals surface area contributed by atoms with Crippen molar-refractivity contribution in [3.63, 3.8) is 0 Å². The van der Waals surface area contributed by atoms with Gasteiger partial charge in [-0.1, -0.05) is 0 Å². The van der Waals surface area contributed by atoms with Gasteiger partial charge in [-0.3, -0.25) is 4.79 Å². The summed E-state index contributed by atoms with van der Waals surface area (Å²) in [6, 6.07) is 2.07.